The predicted molar refractivity (Wildman–Crippen MR) is 155 cm³/mol. The number of amides is 1. The fourth-order valence-electron chi connectivity index (χ4n) is 6.07. The van der Waals surface area contributed by atoms with E-state index in [4.69, 9.17) is 15.1 Å². The molecule has 1 aliphatic carbocycles. The van der Waals surface area contributed by atoms with Gasteiger partial charge in [0.15, 0.2) is 5.65 Å². The van der Waals surface area contributed by atoms with Gasteiger partial charge >= 0.3 is 0 Å². The maximum absolute atomic E-state index is 13.1. The van der Waals surface area contributed by atoms with Crippen molar-refractivity contribution in [2.24, 2.45) is 5.92 Å². The van der Waals surface area contributed by atoms with E-state index in [1.54, 1.807) is 0 Å². The van der Waals surface area contributed by atoms with E-state index in [-0.39, 0.29) is 0 Å². The third-order valence-electron chi connectivity index (χ3n) is 8.33. The van der Waals surface area contributed by atoms with Crippen LogP contribution in [0, 0.1) is 12.8 Å². The highest BCUT2D eigenvalue weighted by Crippen LogP contribution is 2.30. The summed E-state index contributed by atoms with van der Waals surface area (Å²) in [6.45, 7) is 5.27. The highest BCUT2D eigenvalue weighted by Gasteiger charge is 2.24. The number of carbonyl (C=O) groups excluding carboxylic acids is 1. The molecule has 0 spiro atoms. The number of benzene rings is 2. The van der Waals surface area contributed by atoms with Gasteiger partial charge in [0.05, 0.1) is 17.3 Å². The second kappa shape index (κ2) is 11.6. The van der Waals surface area contributed by atoms with Crippen molar-refractivity contribution in [3.63, 3.8) is 0 Å². The predicted octanol–water partition coefficient (Wildman–Crippen LogP) is 5.72. The Morgan fingerprint density at radius 1 is 0.897 bits per heavy atom. The van der Waals surface area contributed by atoms with Gasteiger partial charge in [0.2, 0.25) is 5.91 Å². The van der Waals surface area contributed by atoms with Crippen LogP contribution in [-0.2, 0) is 11.2 Å². The fourth-order valence-corrected chi connectivity index (χ4v) is 6.07. The van der Waals surface area contributed by atoms with Gasteiger partial charge in [0.25, 0.3) is 0 Å². The molecular weight excluding hydrogens is 484 g/mol. The molecule has 202 valence electrons. The number of fused-ring (bicyclic) bond motifs is 1. The van der Waals surface area contributed by atoms with Gasteiger partial charge in [-0.05, 0) is 43.4 Å². The average Bonchev–Trinajstić information content (AvgIpc) is 3.57. The Balaban J connectivity index is 1.27. The van der Waals surface area contributed by atoms with Crippen LogP contribution in [-0.4, -0.2) is 56.7 Å². The maximum atomic E-state index is 13.1. The molecule has 6 rings (SSSR count). The van der Waals surface area contributed by atoms with Crippen LogP contribution >= 0.6 is 0 Å². The Morgan fingerprint density at radius 2 is 1.69 bits per heavy atom. The summed E-state index contributed by atoms with van der Waals surface area (Å²) in [5.74, 6) is 2.77. The smallest absolute Gasteiger partial charge is 0.222 e. The minimum absolute atomic E-state index is 0.313. The zero-order valence-corrected chi connectivity index (χ0v) is 22.9. The van der Waals surface area contributed by atoms with Crippen LogP contribution < -0.4 is 4.90 Å². The number of anilines is 1. The van der Waals surface area contributed by atoms with Crippen LogP contribution in [0.3, 0.4) is 0 Å². The molecule has 2 aromatic heterocycles. The first-order valence-corrected chi connectivity index (χ1v) is 14.5. The number of nitrogens with zero attached hydrogens (tertiary/aromatic N) is 6. The summed E-state index contributed by atoms with van der Waals surface area (Å²) in [5.41, 5.74) is 4.23. The summed E-state index contributed by atoms with van der Waals surface area (Å²) in [5, 5.41) is 5.68. The molecule has 1 saturated heterocycles. The zero-order valence-electron chi connectivity index (χ0n) is 22.9. The Labute approximate surface area is 230 Å². The van der Waals surface area contributed by atoms with Crippen LogP contribution in [0.5, 0.6) is 0 Å². The Kier molecular flexibility index (Phi) is 7.57. The first-order chi connectivity index (χ1) is 19.1. The van der Waals surface area contributed by atoms with Crippen molar-refractivity contribution in [2.75, 3.05) is 31.1 Å². The Morgan fingerprint density at radius 3 is 2.49 bits per heavy atom. The van der Waals surface area contributed by atoms with Gasteiger partial charge < -0.3 is 9.80 Å². The minimum Gasteiger partial charge on any atom is -0.354 e. The van der Waals surface area contributed by atoms with Crippen LogP contribution in [0.25, 0.3) is 16.7 Å². The molecule has 7 nitrogen and oxygen atoms in total. The third kappa shape index (κ3) is 5.82. The molecule has 7 heteroatoms. The number of hydrogen-bond acceptors (Lipinski definition) is 5. The molecule has 0 radical (unpaired) electrons. The van der Waals surface area contributed by atoms with Crippen LogP contribution in [0.15, 0.2) is 60.8 Å². The normalized spacial score (nSPS) is 16.6. The number of aryl methyl sites for hydroxylation is 1. The van der Waals surface area contributed by atoms with Gasteiger partial charge in [-0.25, -0.2) is 14.6 Å². The van der Waals surface area contributed by atoms with E-state index in [0.717, 1.165) is 73.3 Å². The van der Waals surface area contributed by atoms with Gasteiger partial charge in [-0.2, -0.15) is 5.10 Å². The molecular formula is C32H38N6O. The quantitative estimate of drug-likeness (QED) is 0.310. The van der Waals surface area contributed by atoms with Gasteiger partial charge in [-0.1, -0.05) is 73.7 Å². The fraction of sp³-hybridized carbons (Fsp3) is 0.438. The Hall–Kier alpha value is -3.74. The van der Waals surface area contributed by atoms with E-state index in [1.807, 2.05) is 29.1 Å². The highest BCUT2D eigenvalue weighted by atomic mass is 16.2. The van der Waals surface area contributed by atoms with Crippen molar-refractivity contribution in [1.29, 1.82) is 0 Å². The monoisotopic (exact) mass is 522 g/mol. The standard InChI is InChI=1S/C32H38N6O/c1-24-12-14-26(15-13-24)22-29-34-31(28-23-33-38(32(28)35-29)27-10-3-2-4-11-27)37-19-7-18-36(20-21-37)30(39)17-16-25-8-5-6-9-25/h2-4,10-15,23,25H,5-9,16-22H2,1H3. The molecule has 1 saturated carbocycles. The first-order valence-electron chi connectivity index (χ1n) is 14.5. The van der Waals surface area contributed by atoms with Crippen molar-refractivity contribution in [3.05, 3.63) is 77.7 Å². The maximum Gasteiger partial charge on any atom is 0.222 e. The zero-order chi connectivity index (χ0) is 26.6. The molecule has 1 amide bonds. The van der Waals surface area contributed by atoms with Gasteiger partial charge in [0.1, 0.15) is 11.6 Å². The third-order valence-corrected chi connectivity index (χ3v) is 8.33. The van der Waals surface area contributed by atoms with Crippen LogP contribution in [0.1, 0.15) is 61.9 Å². The molecule has 1 aliphatic heterocycles. The van der Waals surface area contributed by atoms with E-state index in [9.17, 15) is 4.79 Å². The molecule has 0 N–H and O–H groups in total. The number of para-hydroxylation sites is 1. The van der Waals surface area contributed by atoms with Crippen molar-refractivity contribution >= 4 is 22.8 Å². The van der Waals surface area contributed by atoms with Crippen LogP contribution in [0.2, 0.25) is 0 Å². The molecule has 2 fully saturated rings. The van der Waals surface area contributed by atoms with E-state index in [1.165, 1.54) is 36.8 Å². The highest BCUT2D eigenvalue weighted by molar-refractivity contribution is 5.88. The summed E-state index contributed by atoms with van der Waals surface area (Å²) < 4.78 is 1.91. The van der Waals surface area contributed by atoms with Crippen LogP contribution in [0.4, 0.5) is 5.82 Å². The molecule has 2 aliphatic rings. The summed E-state index contributed by atoms with van der Waals surface area (Å²) >= 11 is 0. The summed E-state index contributed by atoms with van der Waals surface area (Å²) in [6.07, 6.45) is 10.5. The summed E-state index contributed by atoms with van der Waals surface area (Å²) in [7, 11) is 0. The number of hydrogen-bond donors (Lipinski definition) is 0. The Bertz CT molecular complexity index is 1410. The number of aromatic nitrogens is 4. The molecule has 0 bridgehead atoms. The number of rotatable bonds is 7. The van der Waals surface area contributed by atoms with E-state index >= 15 is 0 Å². The lowest BCUT2D eigenvalue weighted by atomic mass is 10.0. The van der Waals surface area contributed by atoms with Crippen molar-refractivity contribution in [2.45, 2.75) is 58.3 Å². The first kappa shape index (κ1) is 25.5. The topological polar surface area (TPSA) is 67.2 Å². The van der Waals surface area contributed by atoms with E-state index in [0.29, 0.717) is 18.7 Å². The average molecular weight is 523 g/mol. The lowest BCUT2D eigenvalue weighted by molar-refractivity contribution is -0.131. The molecule has 0 unspecified atom stereocenters. The minimum atomic E-state index is 0.313. The summed E-state index contributed by atoms with van der Waals surface area (Å²) in [4.78, 5) is 27.6. The second-order valence-corrected chi connectivity index (χ2v) is 11.2. The van der Waals surface area contributed by atoms with Gasteiger partial charge in [0, 0.05) is 39.0 Å². The summed E-state index contributed by atoms with van der Waals surface area (Å²) in [6, 6.07) is 18.7. The molecule has 0 atom stereocenters. The van der Waals surface area contributed by atoms with Crippen molar-refractivity contribution < 1.29 is 4.79 Å². The second-order valence-electron chi connectivity index (χ2n) is 11.2. The molecule has 2 aromatic carbocycles. The van der Waals surface area contributed by atoms with E-state index in [2.05, 4.69) is 53.1 Å². The molecule has 4 aromatic rings. The van der Waals surface area contributed by atoms with Gasteiger partial charge in [-0.15, -0.1) is 0 Å². The molecule has 3 heterocycles. The molecule has 39 heavy (non-hydrogen) atoms. The number of carbonyl (C=O) groups is 1. The van der Waals surface area contributed by atoms with Gasteiger partial charge in [-0.3, -0.25) is 4.79 Å². The SMILES string of the molecule is Cc1ccc(Cc2nc(N3CCCN(C(=O)CCC4CCCC4)CC3)c3cnn(-c4ccccc4)c3n2)cc1. The lowest BCUT2D eigenvalue weighted by Crippen LogP contribution is -2.35. The van der Waals surface area contributed by atoms with Crippen molar-refractivity contribution in [3.8, 4) is 5.69 Å². The largest absolute Gasteiger partial charge is 0.354 e. The van der Waals surface area contributed by atoms with Crippen molar-refractivity contribution in [1.82, 2.24) is 24.6 Å². The lowest BCUT2D eigenvalue weighted by Gasteiger charge is -2.24. The van der Waals surface area contributed by atoms with E-state index < -0.39 is 0 Å².